The normalized spacial score (nSPS) is 25.8. The van der Waals surface area contributed by atoms with Gasteiger partial charge in [0.05, 0.1) is 5.69 Å². The number of pyridine rings is 1. The first-order valence-electron chi connectivity index (χ1n) is 8.84. The quantitative estimate of drug-likeness (QED) is 0.601. The van der Waals surface area contributed by atoms with Crippen LogP contribution in [0.1, 0.15) is 62.5 Å². The zero-order chi connectivity index (χ0) is 18.4. The van der Waals surface area contributed by atoms with Crippen molar-refractivity contribution >= 4 is 11.9 Å². The molecule has 6 heteroatoms. The Morgan fingerprint density at radius 3 is 2.32 bits per heavy atom. The number of aromatic nitrogens is 1. The van der Waals surface area contributed by atoms with E-state index in [9.17, 15) is 14.0 Å². The number of nitrogens with zero attached hydrogens (tertiary/aromatic N) is 2. The summed E-state index contributed by atoms with van der Waals surface area (Å²) in [4.78, 5) is 30.9. The molecule has 1 amide bonds. The van der Waals surface area contributed by atoms with Crippen molar-refractivity contribution in [3.63, 3.8) is 0 Å². The summed E-state index contributed by atoms with van der Waals surface area (Å²) in [5, 5.41) is 0. The van der Waals surface area contributed by atoms with Crippen molar-refractivity contribution in [1.82, 2.24) is 9.88 Å². The Labute approximate surface area is 147 Å². The summed E-state index contributed by atoms with van der Waals surface area (Å²) >= 11 is 0. The largest absolute Gasteiger partial charge is 0.444 e. The van der Waals surface area contributed by atoms with Gasteiger partial charge in [0, 0.05) is 23.6 Å². The van der Waals surface area contributed by atoms with Crippen molar-refractivity contribution in [2.45, 2.75) is 71.1 Å². The van der Waals surface area contributed by atoms with Crippen LogP contribution in [0.4, 0.5) is 9.18 Å². The average Bonchev–Trinajstić information content (AvgIpc) is 2.75. The first-order valence-corrected chi connectivity index (χ1v) is 8.84. The smallest absolute Gasteiger partial charge is 0.410 e. The van der Waals surface area contributed by atoms with Gasteiger partial charge in [0.2, 0.25) is 5.95 Å². The molecule has 5 nitrogen and oxygen atoms in total. The summed E-state index contributed by atoms with van der Waals surface area (Å²) in [7, 11) is 0. The SMILES string of the molecule is Cc1nc(F)ccc1C(=O)C1CC2CCC(C1)N2C(=O)OC(C)(C)C. The van der Waals surface area contributed by atoms with Gasteiger partial charge >= 0.3 is 6.09 Å². The molecule has 25 heavy (non-hydrogen) atoms. The van der Waals surface area contributed by atoms with E-state index in [4.69, 9.17) is 4.74 Å². The second-order valence-electron chi connectivity index (χ2n) is 8.07. The summed E-state index contributed by atoms with van der Waals surface area (Å²) in [6.07, 6.45) is 2.77. The molecule has 2 atom stereocenters. The Morgan fingerprint density at radius 1 is 1.20 bits per heavy atom. The van der Waals surface area contributed by atoms with Gasteiger partial charge in [-0.1, -0.05) is 0 Å². The van der Waals surface area contributed by atoms with Gasteiger partial charge in [-0.3, -0.25) is 4.79 Å². The van der Waals surface area contributed by atoms with Crippen LogP contribution in [0.3, 0.4) is 0 Å². The van der Waals surface area contributed by atoms with Gasteiger partial charge in [0.25, 0.3) is 0 Å². The monoisotopic (exact) mass is 348 g/mol. The maximum atomic E-state index is 13.2. The van der Waals surface area contributed by atoms with Crippen molar-refractivity contribution < 1.29 is 18.7 Å². The van der Waals surface area contributed by atoms with Gasteiger partial charge in [0.1, 0.15) is 5.60 Å². The third-order valence-electron chi connectivity index (χ3n) is 5.03. The van der Waals surface area contributed by atoms with Crippen LogP contribution < -0.4 is 0 Å². The number of ether oxygens (including phenoxy) is 1. The number of halogens is 1. The minimum atomic E-state index is -0.575. The highest BCUT2D eigenvalue weighted by molar-refractivity contribution is 5.99. The molecule has 3 rings (SSSR count). The maximum absolute atomic E-state index is 13.2. The van der Waals surface area contributed by atoms with E-state index in [1.165, 1.54) is 12.1 Å². The lowest BCUT2D eigenvalue weighted by molar-refractivity contribution is 0.00253. The second kappa shape index (κ2) is 6.39. The molecule has 2 fully saturated rings. The van der Waals surface area contributed by atoms with Crippen molar-refractivity contribution in [3.05, 3.63) is 29.3 Å². The number of hydrogen-bond donors (Lipinski definition) is 0. The highest BCUT2D eigenvalue weighted by Crippen LogP contribution is 2.40. The zero-order valence-electron chi connectivity index (χ0n) is 15.2. The number of fused-ring (bicyclic) bond motifs is 2. The summed E-state index contributed by atoms with van der Waals surface area (Å²) in [5.41, 5.74) is 0.378. The van der Waals surface area contributed by atoms with E-state index in [1.807, 2.05) is 25.7 Å². The van der Waals surface area contributed by atoms with Crippen LogP contribution in [0.25, 0.3) is 0 Å². The second-order valence-corrected chi connectivity index (χ2v) is 8.07. The van der Waals surface area contributed by atoms with Gasteiger partial charge < -0.3 is 9.64 Å². The molecule has 2 bridgehead atoms. The third-order valence-corrected chi connectivity index (χ3v) is 5.03. The number of carbonyl (C=O) groups is 2. The lowest BCUT2D eigenvalue weighted by atomic mass is 9.84. The van der Waals surface area contributed by atoms with Crippen molar-refractivity contribution in [3.8, 4) is 0 Å². The molecule has 136 valence electrons. The van der Waals surface area contributed by atoms with Crippen LogP contribution in [0.5, 0.6) is 0 Å². The molecule has 0 saturated carbocycles. The molecule has 0 N–H and O–H groups in total. The van der Waals surface area contributed by atoms with E-state index in [0.717, 1.165) is 12.8 Å². The Kier molecular flexibility index (Phi) is 4.56. The fourth-order valence-corrected chi connectivity index (χ4v) is 4.01. The Balaban J connectivity index is 1.73. The molecule has 0 radical (unpaired) electrons. The molecule has 0 spiro atoms. The molecule has 2 aliphatic rings. The van der Waals surface area contributed by atoms with Crippen LogP contribution in [0, 0.1) is 18.8 Å². The zero-order valence-corrected chi connectivity index (χ0v) is 15.2. The van der Waals surface area contributed by atoms with E-state index in [2.05, 4.69) is 4.98 Å². The summed E-state index contributed by atoms with van der Waals surface area (Å²) in [6.45, 7) is 7.22. The lowest BCUT2D eigenvalue weighted by Crippen LogP contribution is -2.49. The third kappa shape index (κ3) is 3.67. The van der Waals surface area contributed by atoms with Crippen LogP contribution >= 0.6 is 0 Å². The maximum Gasteiger partial charge on any atom is 0.410 e. The number of carbonyl (C=O) groups excluding carboxylic acids is 2. The molecule has 2 unspecified atom stereocenters. The number of Topliss-reactive ketones (excluding diaryl/α,β-unsaturated/α-hetero) is 1. The van der Waals surface area contributed by atoms with Crippen molar-refractivity contribution in [2.24, 2.45) is 5.92 Å². The predicted molar refractivity (Wildman–Crippen MR) is 90.9 cm³/mol. The highest BCUT2D eigenvalue weighted by atomic mass is 19.1. The molecule has 2 saturated heterocycles. The number of ketones is 1. The van der Waals surface area contributed by atoms with E-state index < -0.39 is 11.5 Å². The molecular weight excluding hydrogens is 323 g/mol. The van der Waals surface area contributed by atoms with Crippen LogP contribution in [-0.2, 0) is 4.74 Å². The minimum absolute atomic E-state index is 0.00531. The fourth-order valence-electron chi connectivity index (χ4n) is 4.01. The van der Waals surface area contributed by atoms with Crippen molar-refractivity contribution in [2.75, 3.05) is 0 Å². The van der Waals surface area contributed by atoms with E-state index in [1.54, 1.807) is 6.92 Å². The van der Waals surface area contributed by atoms with Gasteiger partial charge in [-0.05, 0) is 65.5 Å². The lowest BCUT2D eigenvalue weighted by Gasteiger charge is -2.39. The molecule has 1 aromatic heterocycles. The topological polar surface area (TPSA) is 59.5 Å². The van der Waals surface area contributed by atoms with E-state index in [0.29, 0.717) is 24.1 Å². The number of amides is 1. The Morgan fingerprint density at radius 2 is 1.80 bits per heavy atom. The average molecular weight is 348 g/mol. The Bertz CT molecular complexity index is 684. The molecular formula is C19H25FN2O3. The number of piperidine rings is 1. The standard InChI is InChI=1S/C19H25FN2O3/c1-11-15(7-8-16(20)21-11)17(23)12-9-13-5-6-14(10-12)22(13)18(24)25-19(2,3)4/h7-8,12-14H,5-6,9-10H2,1-4H3. The first kappa shape index (κ1) is 17.8. The van der Waals surface area contributed by atoms with Gasteiger partial charge in [-0.2, -0.15) is 4.39 Å². The molecule has 3 heterocycles. The summed E-state index contributed by atoms with van der Waals surface area (Å²) in [6, 6.07) is 2.82. The van der Waals surface area contributed by atoms with Crippen LogP contribution in [0.2, 0.25) is 0 Å². The Hall–Kier alpha value is -1.98. The van der Waals surface area contributed by atoms with Gasteiger partial charge in [-0.25, -0.2) is 9.78 Å². The van der Waals surface area contributed by atoms with E-state index in [-0.39, 0.29) is 29.9 Å². The highest BCUT2D eigenvalue weighted by Gasteiger charge is 2.46. The van der Waals surface area contributed by atoms with Crippen LogP contribution in [-0.4, -0.2) is 39.4 Å². The summed E-state index contributed by atoms with van der Waals surface area (Å²) in [5.74, 6) is -0.721. The molecule has 2 aliphatic heterocycles. The number of hydrogen-bond acceptors (Lipinski definition) is 4. The van der Waals surface area contributed by atoms with Gasteiger partial charge in [0.15, 0.2) is 5.78 Å². The predicted octanol–water partition coefficient (Wildman–Crippen LogP) is 3.89. The molecule has 0 aliphatic carbocycles. The fraction of sp³-hybridized carbons (Fsp3) is 0.632. The minimum Gasteiger partial charge on any atom is -0.444 e. The number of rotatable bonds is 2. The van der Waals surface area contributed by atoms with Gasteiger partial charge in [-0.15, -0.1) is 0 Å². The first-order chi connectivity index (χ1) is 11.7. The van der Waals surface area contributed by atoms with E-state index >= 15 is 0 Å². The molecule has 1 aromatic rings. The summed E-state index contributed by atoms with van der Waals surface area (Å²) < 4.78 is 18.7. The van der Waals surface area contributed by atoms with Crippen LogP contribution in [0.15, 0.2) is 12.1 Å². The number of aryl methyl sites for hydroxylation is 1. The molecule has 0 aromatic carbocycles. The van der Waals surface area contributed by atoms with Crippen molar-refractivity contribution in [1.29, 1.82) is 0 Å².